The largest absolute Gasteiger partial charge is 0.496 e. The summed E-state index contributed by atoms with van der Waals surface area (Å²) in [7, 11) is 1.44. The molecule has 184 valence electrons. The Balaban J connectivity index is 1.72. The van der Waals surface area contributed by atoms with Gasteiger partial charge in [0.2, 0.25) is 17.8 Å². The van der Waals surface area contributed by atoms with Crippen LogP contribution in [0.5, 0.6) is 5.75 Å². The second-order valence-electron chi connectivity index (χ2n) is 8.85. The van der Waals surface area contributed by atoms with Crippen LogP contribution < -0.4 is 42.8 Å². The van der Waals surface area contributed by atoms with Gasteiger partial charge in [0.25, 0.3) is 5.69 Å². The van der Waals surface area contributed by atoms with Crippen LogP contribution in [-0.2, 0) is 0 Å². The molecule has 0 bridgehead atoms. The number of nitro benzene ring substituents is 1. The van der Waals surface area contributed by atoms with E-state index in [1.807, 2.05) is 9.80 Å². The van der Waals surface area contributed by atoms with Gasteiger partial charge in [0.15, 0.2) is 0 Å². The van der Waals surface area contributed by atoms with Crippen molar-refractivity contribution in [3.8, 4) is 5.75 Å². The fourth-order valence-electron chi connectivity index (χ4n) is 4.39. The van der Waals surface area contributed by atoms with Crippen LogP contribution in [0.1, 0.15) is 12.8 Å². The maximum atomic E-state index is 11.6. The van der Waals surface area contributed by atoms with E-state index in [2.05, 4.69) is 20.3 Å². The predicted molar refractivity (Wildman–Crippen MR) is 128 cm³/mol. The molecule has 2 saturated heterocycles. The van der Waals surface area contributed by atoms with Crippen LogP contribution in [0.2, 0.25) is 0 Å². The van der Waals surface area contributed by atoms with Gasteiger partial charge in [-0.2, -0.15) is 15.0 Å². The van der Waals surface area contributed by atoms with Crippen LogP contribution in [0.25, 0.3) is 0 Å². The molecule has 4 atom stereocenters. The molecule has 0 radical (unpaired) electrons. The number of nitrogens with two attached hydrogens (primary N) is 4. The number of rotatable bonds is 6. The predicted octanol–water partition coefficient (Wildman–Crippen LogP) is -0.739. The molecule has 9 N–H and O–H groups in total. The Morgan fingerprint density at radius 3 is 1.88 bits per heavy atom. The van der Waals surface area contributed by atoms with Crippen molar-refractivity contribution < 1.29 is 9.66 Å². The highest BCUT2D eigenvalue weighted by Crippen LogP contribution is 2.31. The van der Waals surface area contributed by atoms with Crippen molar-refractivity contribution in [3.63, 3.8) is 0 Å². The maximum Gasteiger partial charge on any atom is 0.296 e. The summed E-state index contributed by atoms with van der Waals surface area (Å²) in [6.07, 6.45) is 1.40. The number of nitrogens with zero attached hydrogens (tertiary/aromatic N) is 6. The van der Waals surface area contributed by atoms with Crippen molar-refractivity contribution in [1.29, 1.82) is 0 Å². The molecule has 4 rings (SSSR count). The fraction of sp³-hybridized carbons (Fsp3) is 0.550. The van der Waals surface area contributed by atoms with Gasteiger partial charge in [0.1, 0.15) is 11.4 Å². The second-order valence-corrected chi connectivity index (χ2v) is 8.85. The first-order chi connectivity index (χ1) is 16.2. The number of piperidine rings is 2. The minimum Gasteiger partial charge on any atom is -0.496 e. The van der Waals surface area contributed by atoms with E-state index in [4.69, 9.17) is 27.7 Å². The number of aromatic nitrogens is 3. The molecule has 0 amide bonds. The van der Waals surface area contributed by atoms with E-state index in [1.54, 1.807) is 12.1 Å². The zero-order valence-electron chi connectivity index (χ0n) is 19.0. The summed E-state index contributed by atoms with van der Waals surface area (Å²) in [6.45, 7) is 2.10. The normalized spacial score (nSPS) is 25.2. The van der Waals surface area contributed by atoms with Crippen molar-refractivity contribution in [2.75, 3.05) is 48.4 Å². The molecule has 0 unspecified atom stereocenters. The summed E-state index contributed by atoms with van der Waals surface area (Å²) < 4.78 is 5.11. The lowest BCUT2D eigenvalue weighted by Crippen LogP contribution is -2.54. The zero-order chi connectivity index (χ0) is 24.4. The number of nitro groups is 1. The molecule has 2 aliphatic heterocycles. The summed E-state index contributed by atoms with van der Waals surface area (Å²) in [6, 6.07) is 3.99. The molecular weight excluding hydrogens is 442 g/mol. The van der Waals surface area contributed by atoms with E-state index in [9.17, 15) is 10.1 Å². The van der Waals surface area contributed by atoms with Crippen molar-refractivity contribution >= 4 is 29.2 Å². The Labute approximate surface area is 196 Å². The third kappa shape index (κ3) is 5.41. The van der Waals surface area contributed by atoms with E-state index in [0.29, 0.717) is 56.7 Å². The molecule has 14 heteroatoms. The van der Waals surface area contributed by atoms with Gasteiger partial charge >= 0.3 is 0 Å². The Morgan fingerprint density at radius 2 is 1.44 bits per heavy atom. The van der Waals surface area contributed by atoms with Crippen molar-refractivity contribution in [3.05, 3.63) is 28.3 Å². The maximum absolute atomic E-state index is 11.6. The van der Waals surface area contributed by atoms with E-state index in [1.165, 1.54) is 13.2 Å². The van der Waals surface area contributed by atoms with Gasteiger partial charge in [-0.1, -0.05) is 0 Å². The van der Waals surface area contributed by atoms with Crippen molar-refractivity contribution in [1.82, 2.24) is 15.0 Å². The molecule has 2 fully saturated rings. The molecule has 3 heterocycles. The third-order valence-corrected chi connectivity index (χ3v) is 5.86. The van der Waals surface area contributed by atoms with Crippen LogP contribution in [0.4, 0.5) is 29.2 Å². The average molecular weight is 474 g/mol. The number of hydrogen-bond donors (Lipinski definition) is 5. The van der Waals surface area contributed by atoms with Crippen LogP contribution in [0, 0.1) is 10.1 Å². The number of methoxy groups -OCH3 is 1. The smallest absolute Gasteiger partial charge is 0.296 e. The van der Waals surface area contributed by atoms with Gasteiger partial charge in [-0.15, -0.1) is 0 Å². The third-order valence-electron chi connectivity index (χ3n) is 5.86. The van der Waals surface area contributed by atoms with Crippen LogP contribution in [0.15, 0.2) is 18.2 Å². The molecule has 1 aromatic heterocycles. The summed E-state index contributed by atoms with van der Waals surface area (Å²) in [4.78, 5) is 28.7. The monoisotopic (exact) mass is 473 g/mol. The van der Waals surface area contributed by atoms with Crippen molar-refractivity contribution in [2.24, 2.45) is 22.9 Å². The Hall–Kier alpha value is -3.33. The molecule has 0 spiro atoms. The highest BCUT2D eigenvalue weighted by molar-refractivity contribution is 5.69. The fourth-order valence-corrected chi connectivity index (χ4v) is 4.39. The van der Waals surface area contributed by atoms with Gasteiger partial charge in [0, 0.05) is 50.3 Å². The number of nitrogens with one attached hydrogen (secondary N) is 1. The summed E-state index contributed by atoms with van der Waals surface area (Å²) in [5.41, 5.74) is 24.7. The minimum absolute atomic E-state index is 0.125. The molecule has 2 aromatic rings. The lowest BCUT2D eigenvalue weighted by atomic mass is 10.0. The molecule has 0 aliphatic carbocycles. The highest BCUT2D eigenvalue weighted by atomic mass is 16.6. The van der Waals surface area contributed by atoms with Gasteiger partial charge in [0.05, 0.1) is 18.1 Å². The van der Waals surface area contributed by atoms with Crippen LogP contribution in [-0.4, -0.2) is 77.3 Å². The van der Waals surface area contributed by atoms with Gasteiger partial charge in [-0.3, -0.25) is 10.1 Å². The van der Waals surface area contributed by atoms with Gasteiger partial charge in [-0.05, 0) is 25.0 Å². The average Bonchev–Trinajstić information content (AvgIpc) is 2.77. The quantitative estimate of drug-likeness (QED) is 0.258. The first-order valence-electron chi connectivity index (χ1n) is 11.1. The van der Waals surface area contributed by atoms with E-state index in [-0.39, 0.29) is 41.5 Å². The first-order valence-corrected chi connectivity index (χ1v) is 11.1. The summed E-state index contributed by atoms with van der Waals surface area (Å²) in [5.74, 6) is 1.26. The number of anilines is 4. The number of ether oxygens (including phenoxy) is 1. The lowest BCUT2D eigenvalue weighted by Gasteiger charge is -2.37. The van der Waals surface area contributed by atoms with E-state index in [0.717, 1.165) is 0 Å². The Kier molecular flexibility index (Phi) is 6.92. The Morgan fingerprint density at radius 1 is 0.941 bits per heavy atom. The zero-order valence-corrected chi connectivity index (χ0v) is 19.0. The van der Waals surface area contributed by atoms with Gasteiger partial charge in [-0.25, -0.2) is 0 Å². The Bertz CT molecular complexity index is 975. The highest BCUT2D eigenvalue weighted by Gasteiger charge is 2.29. The molecular formula is C20H31N11O3. The van der Waals surface area contributed by atoms with E-state index < -0.39 is 4.92 Å². The van der Waals surface area contributed by atoms with Crippen molar-refractivity contribution in [2.45, 2.75) is 37.0 Å². The molecule has 1 aromatic carbocycles. The van der Waals surface area contributed by atoms with Gasteiger partial charge < -0.3 is 42.8 Å². The number of benzene rings is 1. The second kappa shape index (κ2) is 9.89. The van der Waals surface area contributed by atoms with Crippen LogP contribution >= 0.6 is 0 Å². The SMILES string of the molecule is COc1ccc(Nc2nc(N3C[C@H](N)C[C@H](N)C3)nc(N3C[C@H](N)C[C@H](N)C3)n2)c([N+](=O)[O-])c1. The minimum atomic E-state index is -0.501. The lowest BCUT2D eigenvalue weighted by molar-refractivity contribution is -0.384. The molecule has 2 aliphatic rings. The van der Waals surface area contributed by atoms with Crippen LogP contribution in [0.3, 0.4) is 0 Å². The molecule has 14 nitrogen and oxygen atoms in total. The molecule has 0 saturated carbocycles. The summed E-state index contributed by atoms with van der Waals surface area (Å²) in [5, 5.41) is 14.6. The topological polar surface area (TPSA) is 214 Å². The standard InChI is InChI=1S/C20H31N11O3/c1-34-15-2-3-16(17(6-15)31(32)33)25-18-26-19(29-7-11(21)4-12(22)8-29)28-20(27-18)30-9-13(23)5-14(24)10-30/h2-3,6,11-14H,4-5,7-10,21-24H2,1H3,(H,25,26,27,28)/t11-,12+,13-,14+. The summed E-state index contributed by atoms with van der Waals surface area (Å²) >= 11 is 0. The molecule has 34 heavy (non-hydrogen) atoms. The van der Waals surface area contributed by atoms with E-state index >= 15 is 0 Å². The number of hydrogen-bond acceptors (Lipinski definition) is 13. The first kappa shape index (κ1) is 23.8.